The van der Waals surface area contributed by atoms with E-state index in [1.165, 1.54) is 7.11 Å². The van der Waals surface area contributed by atoms with Gasteiger partial charge in [-0.2, -0.15) is 0 Å². The molecule has 0 amide bonds. The van der Waals surface area contributed by atoms with Gasteiger partial charge in [-0.15, -0.1) is 0 Å². The third kappa shape index (κ3) is 4.71. The van der Waals surface area contributed by atoms with Crippen molar-refractivity contribution < 1.29 is 19.0 Å². The van der Waals surface area contributed by atoms with Gasteiger partial charge in [0.2, 0.25) is 0 Å². The van der Waals surface area contributed by atoms with E-state index < -0.39 is 0 Å². The number of nitrogen functional groups attached to an aromatic ring is 1. The van der Waals surface area contributed by atoms with Crippen LogP contribution in [0.3, 0.4) is 0 Å². The van der Waals surface area contributed by atoms with Gasteiger partial charge in [0, 0.05) is 11.6 Å². The first kappa shape index (κ1) is 20.6. The van der Waals surface area contributed by atoms with Crippen molar-refractivity contribution in [3.8, 4) is 17.2 Å². The van der Waals surface area contributed by atoms with Crippen LogP contribution >= 0.6 is 31.9 Å². The van der Waals surface area contributed by atoms with Crippen LogP contribution in [-0.4, -0.2) is 20.2 Å². The van der Waals surface area contributed by atoms with Crippen LogP contribution in [0.4, 0.5) is 5.69 Å². The highest BCUT2D eigenvalue weighted by Gasteiger charge is 2.16. The largest absolute Gasteiger partial charge is 0.494 e. The Hall–Kier alpha value is -1.73. The molecule has 0 saturated heterocycles. The van der Waals surface area contributed by atoms with Crippen molar-refractivity contribution in [3.63, 3.8) is 0 Å². The summed E-state index contributed by atoms with van der Waals surface area (Å²) < 4.78 is 17.6. The first-order valence-corrected chi connectivity index (χ1v) is 9.55. The number of hydrogen-bond donors (Lipinski definition) is 1. The zero-order chi connectivity index (χ0) is 19.4. The van der Waals surface area contributed by atoms with Crippen molar-refractivity contribution in [1.29, 1.82) is 0 Å². The van der Waals surface area contributed by atoms with Crippen molar-refractivity contribution in [3.05, 3.63) is 44.3 Å². The third-order valence-corrected chi connectivity index (χ3v) is 4.98. The average Bonchev–Trinajstić information content (AvgIpc) is 2.57. The molecule has 0 aliphatic rings. The van der Waals surface area contributed by atoms with Crippen LogP contribution in [-0.2, 0) is 16.0 Å². The highest BCUT2D eigenvalue weighted by atomic mass is 79.9. The molecular weight excluding hydrogens is 466 g/mol. The van der Waals surface area contributed by atoms with Gasteiger partial charge in [-0.05, 0) is 61.5 Å². The summed E-state index contributed by atoms with van der Waals surface area (Å²) >= 11 is 7.00. The first-order chi connectivity index (χ1) is 12.3. The SMILES string of the molecule is COC(=O)Cc1cc(Br)c(Oc2cc(N)c(OC)c(C(C)C)c2)c(Br)c1. The third-order valence-electron chi connectivity index (χ3n) is 3.80. The molecule has 2 aromatic rings. The van der Waals surface area contributed by atoms with E-state index in [2.05, 4.69) is 45.7 Å². The number of ether oxygens (including phenoxy) is 3. The summed E-state index contributed by atoms with van der Waals surface area (Å²) in [6.07, 6.45) is 0.182. The molecule has 7 heteroatoms. The Labute approximate surface area is 170 Å². The summed E-state index contributed by atoms with van der Waals surface area (Å²) in [5.74, 6) is 1.79. The lowest BCUT2D eigenvalue weighted by Crippen LogP contribution is -2.04. The fourth-order valence-corrected chi connectivity index (χ4v) is 3.98. The summed E-state index contributed by atoms with van der Waals surface area (Å²) in [5, 5.41) is 0. The fraction of sp³-hybridized carbons (Fsp3) is 0.316. The van der Waals surface area contributed by atoms with Crippen molar-refractivity contribution in [2.45, 2.75) is 26.2 Å². The maximum absolute atomic E-state index is 11.5. The molecular formula is C19H21Br2NO4. The molecule has 26 heavy (non-hydrogen) atoms. The minimum atomic E-state index is -0.304. The maximum atomic E-state index is 11.5. The van der Waals surface area contributed by atoms with Crippen molar-refractivity contribution in [1.82, 2.24) is 0 Å². The molecule has 0 aliphatic heterocycles. The molecule has 0 unspecified atom stereocenters. The van der Waals surface area contributed by atoms with Gasteiger partial charge in [0.1, 0.15) is 11.5 Å². The van der Waals surface area contributed by atoms with Gasteiger partial charge in [0.05, 0.1) is 35.3 Å². The zero-order valence-electron chi connectivity index (χ0n) is 15.1. The van der Waals surface area contributed by atoms with E-state index in [9.17, 15) is 4.79 Å². The number of benzene rings is 2. The number of rotatable bonds is 6. The Morgan fingerprint density at radius 1 is 1.08 bits per heavy atom. The first-order valence-electron chi connectivity index (χ1n) is 7.96. The highest BCUT2D eigenvalue weighted by molar-refractivity contribution is 9.11. The quantitative estimate of drug-likeness (QED) is 0.435. The predicted molar refractivity (Wildman–Crippen MR) is 109 cm³/mol. The van der Waals surface area contributed by atoms with Crippen LogP contribution < -0.4 is 15.2 Å². The number of esters is 1. The van der Waals surface area contributed by atoms with E-state index in [-0.39, 0.29) is 18.3 Å². The molecule has 0 heterocycles. The van der Waals surface area contributed by atoms with Crippen LogP contribution in [0.1, 0.15) is 30.9 Å². The van der Waals surface area contributed by atoms with Crippen LogP contribution in [0, 0.1) is 0 Å². The second-order valence-electron chi connectivity index (χ2n) is 6.03. The Morgan fingerprint density at radius 3 is 2.19 bits per heavy atom. The fourth-order valence-electron chi connectivity index (χ4n) is 2.54. The smallest absolute Gasteiger partial charge is 0.309 e. The molecule has 2 N–H and O–H groups in total. The average molecular weight is 487 g/mol. The number of hydrogen-bond acceptors (Lipinski definition) is 5. The van der Waals surface area contributed by atoms with E-state index >= 15 is 0 Å². The second kappa shape index (κ2) is 8.77. The molecule has 0 radical (unpaired) electrons. The topological polar surface area (TPSA) is 70.8 Å². The maximum Gasteiger partial charge on any atom is 0.309 e. The molecule has 2 aromatic carbocycles. The predicted octanol–water partition coefficient (Wildman–Crippen LogP) is 5.43. The van der Waals surface area contributed by atoms with Gasteiger partial charge in [0.25, 0.3) is 0 Å². The minimum Gasteiger partial charge on any atom is -0.494 e. The molecule has 140 valence electrons. The van der Waals surface area contributed by atoms with E-state index in [0.717, 1.165) is 11.1 Å². The Balaban J connectivity index is 2.38. The summed E-state index contributed by atoms with van der Waals surface area (Å²) in [5.41, 5.74) is 8.41. The van der Waals surface area contributed by atoms with Gasteiger partial charge in [-0.3, -0.25) is 4.79 Å². The monoisotopic (exact) mass is 485 g/mol. The number of carbonyl (C=O) groups is 1. The number of methoxy groups -OCH3 is 2. The number of halogens is 2. The highest BCUT2D eigenvalue weighted by Crippen LogP contribution is 2.41. The molecule has 0 spiro atoms. The van der Waals surface area contributed by atoms with E-state index in [1.54, 1.807) is 13.2 Å². The van der Waals surface area contributed by atoms with Gasteiger partial charge < -0.3 is 19.9 Å². The van der Waals surface area contributed by atoms with Crippen LogP contribution in [0.5, 0.6) is 17.2 Å². The Morgan fingerprint density at radius 2 is 1.69 bits per heavy atom. The summed E-state index contributed by atoms with van der Waals surface area (Å²) in [6.45, 7) is 4.13. The molecule has 5 nitrogen and oxygen atoms in total. The molecule has 0 atom stereocenters. The van der Waals surface area contributed by atoms with E-state index in [1.807, 2.05) is 18.2 Å². The minimum absolute atomic E-state index is 0.182. The van der Waals surface area contributed by atoms with E-state index in [4.69, 9.17) is 19.9 Å². The lowest BCUT2D eigenvalue weighted by Gasteiger charge is -2.17. The summed E-state index contributed by atoms with van der Waals surface area (Å²) in [4.78, 5) is 11.5. The lowest BCUT2D eigenvalue weighted by molar-refractivity contribution is -0.139. The standard InChI is InChI=1S/C19H21Br2NO4/c1-10(2)13-8-12(9-16(22)18(13)25-4)26-19-14(20)5-11(6-15(19)21)7-17(23)24-3/h5-6,8-10H,7,22H2,1-4H3. The molecule has 0 saturated carbocycles. The van der Waals surface area contributed by atoms with Crippen molar-refractivity contribution >= 4 is 43.5 Å². The molecule has 2 rings (SSSR count). The van der Waals surface area contributed by atoms with Gasteiger partial charge in [-0.1, -0.05) is 13.8 Å². The Bertz CT molecular complexity index is 798. The van der Waals surface area contributed by atoms with Crippen LogP contribution in [0.25, 0.3) is 0 Å². The lowest BCUT2D eigenvalue weighted by atomic mass is 10.0. The summed E-state index contributed by atoms with van der Waals surface area (Å²) in [7, 11) is 2.97. The Kier molecular flexibility index (Phi) is 6.94. The molecule has 0 bridgehead atoms. The zero-order valence-corrected chi connectivity index (χ0v) is 18.2. The number of carbonyl (C=O) groups excluding carboxylic acids is 1. The van der Waals surface area contributed by atoms with Crippen molar-refractivity contribution in [2.75, 3.05) is 20.0 Å². The molecule has 0 aliphatic carbocycles. The van der Waals surface area contributed by atoms with Crippen LogP contribution in [0.15, 0.2) is 33.2 Å². The van der Waals surface area contributed by atoms with Crippen LogP contribution in [0.2, 0.25) is 0 Å². The van der Waals surface area contributed by atoms with Gasteiger partial charge in [0.15, 0.2) is 5.75 Å². The van der Waals surface area contributed by atoms with Crippen molar-refractivity contribution in [2.24, 2.45) is 0 Å². The number of nitrogens with two attached hydrogens (primary N) is 1. The van der Waals surface area contributed by atoms with Gasteiger partial charge >= 0.3 is 5.97 Å². The molecule has 0 aromatic heterocycles. The second-order valence-corrected chi connectivity index (χ2v) is 7.74. The summed E-state index contributed by atoms with van der Waals surface area (Å²) in [6, 6.07) is 7.30. The number of anilines is 1. The van der Waals surface area contributed by atoms with Gasteiger partial charge in [-0.25, -0.2) is 0 Å². The van der Waals surface area contributed by atoms with E-state index in [0.29, 0.717) is 31.9 Å². The molecule has 0 fully saturated rings. The normalized spacial score (nSPS) is 10.7.